The van der Waals surface area contributed by atoms with Gasteiger partial charge in [0.25, 0.3) is 5.91 Å². The van der Waals surface area contributed by atoms with Gasteiger partial charge in [0.15, 0.2) is 5.17 Å². The van der Waals surface area contributed by atoms with Crippen LogP contribution in [-0.2, 0) is 4.79 Å². The molecule has 0 bridgehead atoms. The number of aliphatic imine (C=N–C) groups is 1. The fourth-order valence-corrected chi connectivity index (χ4v) is 3.73. The molecule has 1 aliphatic carbocycles. The van der Waals surface area contributed by atoms with Gasteiger partial charge in [-0.15, -0.1) is 0 Å². The molecule has 5 heteroatoms. The molecule has 1 saturated carbocycles. The Morgan fingerprint density at radius 1 is 1.29 bits per heavy atom. The molecule has 0 unspecified atom stereocenters. The van der Waals surface area contributed by atoms with Crippen molar-refractivity contribution in [1.29, 1.82) is 0 Å². The Kier molecular flexibility index (Phi) is 5.96. The van der Waals surface area contributed by atoms with Crippen molar-refractivity contribution in [3.05, 3.63) is 34.7 Å². The molecular formula is C19H24N2O2S. The molecular weight excluding hydrogens is 320 g/mol. The fourth-order valence-electron chi connectivity index (χ4n) is 2.83. The van der Waals surface area contributed by atoms with E-state index in [4.69, 9.17) is 4.74 Å². The van der Waals surface area contributed by atoms with Crippen LogP contribution in [-0.4, -0.2) is 23.7 Å². The molecule has 2 aliphatic rings. The number of thioether (sulfide) groups is 1. The number of unbranched alkanes of at least 4 members (excludes halogenated alkanes) is 1. The van der Waals surface area contributed by atoms with Gasteiger partial charge in [0.1, 0.15) is 5.75 Å². The summed E-state index contributed by atoms with van der Waals surface area (Å²) in [4.78, 5) is 17.5. The Hall–Kier alpha value is -1.75. The van der Waals surface area contributed by atoms with Crippen LogP contribution in [0.3, 0.4) is 0 Å². The molecule has 24 heavy (non-hydrogen) atoms. The second-order valence-electron chi connectivity index (χ2n) is 6.21. The molecule has 3 rings (SSSR count). The molecule has 2 fully saturated rings. The Labute approximate surface area is 147 Å². The zero-order chi connectivity index (χ0) is 16.8. The highest BCUT2D eigenvalue weighted by atomic mass is 32.2. The summed E-state index contributed by atoms with van der Waals surface area (Å²) >= 11 is 1.44. The van der Waals surface area contributed by atoms with Gasteiger partial charge in [0, 0.05) is 0 Å². The third kappa shape index (κ3) is 4.63. The van der Waals surface area contributed by atoms with Crippen molar-refractivity contribution in [1.82, 2.24) is 5.32 Å². The van der Waals surface area contributed by atoms with E-state index in [0.717, 1.165) is 48.8 Å². The maximum atomic E-state index is 12.1. The van der Waals surface area contributed by atoms with Crippen molar-refractivity contribution in [2.45, 2.75) is 51.5 Å². The predicted molar refractivity (Wildman–Crippen MR) is 100 cm³/mol. The lowest BCUT2D eigenvalue weighted by atomic mass is 10.2. The maximum absolute atomic E-state index is 12.1. The van der Waals surface area contributed by atoms with Gasteiger partial charge in [0.05, 0.1) is 17.6 Å². The molecule has 1 N–H and O–H groups in total. The first kappa shape index (κ1) is 17.1. The molecule has 1 amide bonds. The van der Waals surface area contributed by atoms with E-state index in [1.807, 2.05) is 30.3 Å². The molecule has 1 saturated heterocycles. The van der Waals surface area contributed by atoms with Gasteiger partial charge in [-0.05, 0) is 54.8 Å². The number of carbonyl (C=O) groups excluding carboxylic acids is 1. The highest BCUT2D eigenvalue weighted by Crippen LogP contribution is 2.29. The summed E-state index contributed by atoms with van der Waals surface area (Å²) in [6.07, 6.45) is 8.86. The van der Waals surface area contributed by atoms with Crippen molar-refractivity contribution in [2.24, 2.45) is 4.99 Å². The third-order valence-corrected chi connectivity index (χ3v) is 5.14. The van der Waals surface area contributed by atoms with Gasteiger partial charge in [-0.25, -0.2) is 0 Å². The second-order valence-corrected chi connectivity index (χ2v) is 7.24. The third-order valence-electron chi connectivity index (χ3n) is 4.22. The van der Waals surface area contributed by atoms with Crippen LogP contribution in [0.4, 0.5) is 0 Å². The van der Waals surface area contributed by atoms with Gasteiger partial charge < -0.3 is 10.1 Å². The van der Waals surface area contributed by atoms with E-state index in [2.05, 4.69) is 17.2 Å². The average Bonchev–Trinajstić information content (AvgIpc) is 3.20. The minimum atomic E-state index is -0.0555. The van der Waals surface area contributed by atoms with Crippen LogP contribution in [0.2, 0.25) is 0 Å². The van der Waals surface area contributed by atoms with Gasteiger partial charge in [-0.2, -0.15) is 0 Å². The fraction of sp³-hybridized carbons (Fsp3) is 0.474. The lowest BCUT2D eigenvalue weighted by Crippen LogP contribution is -2.21. The van der Waals surface area contributed by atoms with E-state index in [1.54, 1.807) is 0 Å². The Morgan fingerprint density at radius 2 is 2.04 bits per heavy atom. The van der Waals surface area contributed by atoms with Crippen molar-refractivity contribution in [3.63, 3.8) is 0 Å². The number of nitrogens with zero attached hydrogens (tertiary/aromatic N) is 1. The number of rotatable bonds is 6. The molecule has 1 aliphatic heterocycles. The van der Waals surface area contributed by atoms with E-state index >= 15 is 0 Å². The van der Waals surface area contributed by atoms with Gasteiger partial charge in [0.2, 0.25) is 0 Å². The highest BCUT2D eigenvalue weighted by molar-refractivity contribution is 8.18. The Bertz CT molecular complexity index is 631. The monoisotopic (exact) mass is 344 g/mol. The zero-order valence-corrected chi connectivity index (χ0v) is 14.9. The van der Waals surface area contributed by atoms with Crippen molar-refractivity contribution in [2.75, 3.05) is 6.61 Å². The summed E-state index contributed by atoms with van der Waals surface area (Å²) in [7, 11) is 0. The van der Waals surface area contributed by atoms with E-state index in [-0.39, 0.29) is 5.91 Å². The molecule has 0 atom stereocenters. The first-order chi connectivity index (χ1) is 11.7. The van der Waals surface area contributed by atoms with E-state index in [1.165, 1.54) is 24.6 Å². The first-order valence-electron chi connectivity index (χ1n) is 8.76. The minimum Gasteiger partial charge on any atom is -0.494 e. The largest absolute Gasteiger partial charge is 0.494 e. The number of nitrogens with one attached hydrogen (secondary N) is 1. The molecule has 0 aromatic heterocycles. The van der Waals surface area contributed by atoms with Crippen LogP contribution < -0.4 is 10.1 Å². The van der Waals surface area contributed by atoms with Crippen LogP contribution in [0.1, 0.15) is 51.0 Å². The number of benzene rings is 1. The predicted octanol–water partition coefficient (Wildman–Crippen LogP) is 4.37. The summed E-state index contributed by atoms with van der Waals surface area (Å²) in [6, 6.07) is 8.24. The lowest BCUT2D eigenvalue weighted by molar-refractivity contribution is -0.115. The van der Waals surface area contributed by atoms with Crippen LogP contribution in [0, 0.1) is 0 Å². The minimum absolute atomic E-state index is 0.0555. The summed E-state index contributed by atoms with van der Waals surface area (Å²) in [5.74, 6) is 0.817. The molecule has 1 heterocycles. The van der Waals surface area contributed by atoms with Gasteiger partial charge in [-0.1, -0.05) is 38.3 Å². The van der Waals surface area contributed by atoms with E-state index in [9.17, 15) is 4.79 Å². The Morgan fingerprint density at radius 3 is 2.75 bits per heavy atom. The zero-order valence-electron chi connectivity index (χ0n) is 14.1. The molecule has 0 spiro atoms. The normalized spacial score (nSPS) is 21.6. The standard InChI is InChI=1S/C19H24N2O2S/c1-2-3-12-23-16-10-8-14(9-11-16)13-17-18(22)21-19(24-17)20-15-6-4-5-7-15/h8-11,13,15H,2-7,12H2,1H3,(H,20,21,22)/b17-13-. The number of hydrogen-bond acceptors (Lipinski definition) is 4. The van der Waals surface area contributed by atoms with E-state index in [0.29, 0.717) is 10.9 Å². The van der Waals surface area contributed by atoms with Gasteiger partial charge in [-0.3, -0.25) is 9.79 Å². The summed E-state index contributed by atoms with van der Waals surface area (Å²) in [5, 5.41) is 3.63. The summed E-state index contributed by atoms with van der Waals surface area (Å²) in [5.41, 5.74) is 0.998. The number of amides is 1. The first-order valence-corrected chi connectivity index (χ1v) is 9.58. The molecule has 4 nitrogen and oxygen atoms in total. The number of amidine groups is 1. The number of carbonyl (C=O) groups is 1. The van der Waals surface area contributed by atoms with E-state index < -0.39 is 0 Å². The molecule has 1 aromatic rings. The van der Waals surface area contributed by atoms with Crippen molar-refractivity contribution < 1.29 is 9.53 Å². The summed E-state index contributed by atoms with van der Waals surface area (Å²) < 4.78 is 5.66. The van der Waals surface area contributed by atoms with Crippen LogP contribution in [0.25, 0.3) is 6.08 Å². The number of ether oxygens (including phenoxy) is 1. The van der Waals surface area contributed by atoms with Crippen molar-refractivity contribution >= 4 is 28.9 Å². The van der Waals surface area contributed by atoms with Crippen molar-refractivity contribution in [3.8, 4) is 5.75 Å². The lowest BCUT2D eigenvalue weighted by Gasteiger charge is -2.05. The van der Waals surface area contributed by atoms with Crippen LogP contribution in [0.15, 0.2) is 34.2 Å². The van der Waals surface area contributed by atoms with Gasteiger partial charge >= 0.3 is 0 Å². The Balaban J connectivity index is 1.62. The second kappa shape index (κ2) is 8.38. The highest BCUT2D eigenvalue weighted by Gasteiger charge is 2.25. The maximum Gasteiger partial charge on any atom is 0.264 e. The van der Waals surface area contributed by atoms with Crippen LogP contribution >= 0.6 is 11.8 Å². The topological polar surface area (TPSA) is 50.7 Å². The molecule has 1 aromatic carbocycles. The SMILES string of the molecule is CCCCOc1ccc(/C=C2\SC(=NC3CCCC3)NC2=O)cc1. The summed E-state index contributed by atoms with van der Waals surface area (Å²) in [6.45, 7) is 2.89. The molecule has 128 valence electrons. The molecule has 0 radical (unpaired) electrons. The number of hydrogen-bond donors (Lipinski definition) is 1. The van der Waals surface area contributed by atoms with Crippen LogP contribution in [0.5, 0.6) is 5.75 Å². The smallest absolute Gasteiger partial charge is 0.264 e. The average molecular weight is 344 g/mol. The quantitative estimate of drug-likeness (QED) is 0.616.